The van der Waals surface area contributed by atoms with Gasteiger partial charge in [0.2, 0.25) is 5.95 Å². The molecule has 3 rings (SSSR count). The highest BCUT2D eigenvalue weighted by Crippen LogP contribution is 2.29. The molecule has 19 heavy (non-hydrogen) atoms. The average molecular weight is 301 g/mol. The molecule has 0 aromatic carbocycles. The molecule has 1 atom stereocenters. The van der Waals surface area contributed by atoms with Crippen molar-refractivity contribution >= 4 is 38.6 Å². The zero-order valence-corrected chi connectivity index (χ0v) is 11.7. The predicted octanol–water partition coefficient (Wildman–Crippen LogP) is 1.42. The highest BCUT2D eigenvalue weighted by Gasteiger charge is 2.28. The standard InChI is InChI=1S/C11H13ClN4O2S/c12-7-4-9-10(14-5-7)16(11(13)15-9)8-2-1-3-19(17,18)6-8/h4-5,8H,1-3,6H2,(H2,13,15). The van der Waals surface area contributed by atoms with Gasteiger partial charge >= 0.3 is 0 Å². The Kier molecular flexibility index (Phi) is 2.90. The summed E-state index contributed by atoms with van der Waals surface area (Å²) in [4.78, 5) is 8.41. The molecule has 0 bridgehead atoms. The van der Waals surface area contributed by atoms with Crippen molar-refractivity contribution < 1.29 is 8.42 Å². The van der Waals surface area contributed by atoms with Gasteiger partial charge < -0.3 is 5.73 Å². The highest BCUT2D eigenvalue weighted by molar-refractivity contribution is 7.91. The van der Waals surface area contributed by atoms with Crippen molar-refractivity contribution in [2.24, 2.45) is 0 Å². The molecule has 2 N–H and O–H groups in total. The number of nitrogens with two attached hydrogens (primary N) is 1. The van der Waals surface area contributed by atoms with Crippen LogP contribution in [0.15, 0.2) is 12.3 Å². The molecule has 1 aliphatic rings. The highest BCUT2D eigenvalue weighted by atomic mass is 35.5. The number of sulfone groups is 1. The maximum Gasteiger partial charge on any atom is 0.202 e. The third-order valence-corrected chi connectivity index (χ3v) is 5.34. The summed E-state index contributed by atoms with van der Waals surface area (Å²) in [7, 11) is -3.01. The van der Waals surface area contributed by atoms with Crippen molar-refractivity contribution in [3.8, 4) is 0 Å². The molecule has 0 radical (unpaired) electrons. The summed E-state index contributed by atoms with van der Waals surface area (Å²) in [6, 6.07) is 1.48. The van der Waals surface area contributed by atoms with E-state index >= 15 is 0 Å². The van der Waals surface area contributed by atoms with Gasteiger partial charge in [0.25, 0.3) is 0 Å². The van der Waals surface area contributed by atoms with Crippen LogP contribution in [0.5, 0.6) is 0 Å². The molecule has 3 heterocycles. The summed E-state index contributed by atoms with van der Waals surface area (Å²) >= 11 is 5.86. The zero-order valence-electron chi connectivity index (χ0n) is 10.1. The molecule has 0 amide bonds. The summed E-state index contributed by atoms with van der Waals surface area (Å²) in [6.45, 7) is 0. The van der Waals surface area contributed by atoms with Gasteiger partial charge in [0.15, 0.2) is 15.5 Å². The molecule has 1 aliphatic heterocycles. The topological polar surface area (TPSA) is 90.9 Å². The monoisotopic (exact) mass is 300 g/mol. The fourth-order valence-corrected chi connectivity index (χ4v) is 4.36. The normalized spacial score (nSPS) is 22.7. The Morgan fingerprint density at radius 1 is 1.47 bits per heavy atom. The SMILES string of the molecule is Nc1nc2cc(Cl)cnc2n1C1CCCS(=O)(=O)C1. The molecule has 0 saturated carbocycles. The van der Waals surface area contributed by atoms with Gasteiger partial charge in [-0.1, -0.05) is 11.6 Å². The van der Waals surface area contributed by atoms with Crippen molar-refractivity contribution in [3.05, 3.63) is 17.3 Å². The lowest BCUT2D eigenvalue weighted by Crippen LogP contribution is -2.28. The van der Waals surface area contributed by atoms with E-state index in [0.29, 0.717) is 22.6 Å². The van der Waals surface area contributed by atoms with Crippen LogP contribution in [0.4, 0.5) is 5.95 Å². The van der Waals surface area contributed by atoms with Crippen LogP contribution in [0, 0.1) is 0 Å². The molecular weight excluding hydrogens is 288 g/mol. The lowest BCUT2D eigenvalue weighted by molar-refractivity contribution is 0.481. The van der Waals surface area contributed by atoms with Crippen LogP contribution in [-0.2, 0) is 9.84 Å². The number of rotatable bonds is 1. The third-order valence-electron chi connectivity index (χ3n) is 3.33. The second-order valence-corrected chi connectivity index (χ2v) is 7.41. The van der Waals surface area contributed by atoms with Gasteiger partial charge in [-0.2, -0.15) is 0 Å². The van der Waals surface area contributed by atoms with Crippen molar-refractivity contribution in [1.29, 1.82) is 0 Å². The quantitative estimate of drug-likeness (QED) is 0.860. The second-order valence-electron chi connectivity index (χ2n) is 4.75. The molecule has 0 spiro atoms. The Morgan fingerprint density at radius 3 is 3.00 bits per heavy atom. The minimum absolute atomic E-state index is 0.0902. The van der Waals surface area contributed by atoms with Crippen molar-refractivity contribution in [2.45, 2.75) is 18.9 Å². The maximum atomic E-state index is 11.7. The third kappa shape index (κ3) is 2.28. The van der Waals surface area contributed by atoms with E-state index in [-0.39, 0.29) is 23.5 Å². The summed E-state index contributed by atoms with van der Waals surface area (Å²) < 4.78 is 25.2. The Labute approximate surface area is 115 Å². The minimum Gasteiger partial charge on any atom is -0.369 e. The van der Waals surface area contributed by atoms with E-state index in [4.69, 9.17) is 17.3 Å². The first-order chi connectivity index (χ1) is 8.96. The molecule has 2 aromatic rings. The maximum absolute atomic E-state index is 11.7. The number of nitrogens with zero attached hydrogens (tertiary/aromatic N) is 3. The van der Waals surface area contributed by atoms with E-state index in [9.17, 15) is 8.42 Å². The molecule has 2 aromatic heterocycles. The first kappa shape index (κ1) is 12.7. The Bertz CT molecular complexity index is 740. The molecule has 8 heteroatoms. The summed E-state index contributed by atoms with van der Waals surface area (Å²) in [5.41, 5.74) is 7.07. The van der Waals surface area contributed by atoms with E-state index in [0.717, 1.165) is 6.42 Å². The van der Waals surface area contributed by atoms with Crippen LogP contribution in [0.25, 0.3) is 11.2 Å². The van der Waals surface area contributed by atoms with Gasteiger partial charge in [-0.25, -0.2) is 18.4 Å². The fourth-order valence-electron chi connectivity index (χ4n) is 2.54. The largest absolute Gasteiger partial charge is 0.369 e. The number of nitrogen functional groups attached to an aromatic ring is 1. The molecule has 102 valence electrons. The van der Waals surface area contributed by atoms with E-state index in [1.807, 2.05) is 0 Å². The smallest absolute Gasteiger partial charge is 0.202 e. The number of hydrogen-bond acceptors (Lipinski definition) is 5. The van der Waals surface area contributed by atoms with Crippen LogP contribution in [0.1, 0.15) is 18.9 Å². The number of aromatic nitrogens is 3. The number of halogens is 1. The van der Waals surface area contributed by atoms with Gasteiger partial charge in [0, 0.05) is 6.20 Å². The van der Waals surface area contributed by atoms with Crippen LogP contribution in [0.2, 0.25) is 5.02 Å². The number of imidazole rings is 1. The van der Waals surface area contributed by atoms with Gasteiger partial charge in [-0.3, -0.25) is 4.57 Å². The molecular formula is C11H13ClN4O2S. The van der Waals surface area contributed by atoms with E-state index in [1.54, 1.807) is 10.6 Å². The molecule has 1 saturated heterocycles. The summed E-state index contributed by atoms with van der Waals surface area (Å²) in [6.07, 6.45) is 2.91. The van der Waals surface area contributed by atoms with Crippen molar-refractivity contribution in [2.75, 3.05) is 17.2 Å². The summed E-state index contributed by atoms with van der Waals surface area (Å²) in [5, 5.41) is 0.480. The van der Waals surface area contributed by atoms with Gasteiger partial charge in [0.1, 0.15) is 5.52 Å². The van der Waals surface area contributed by atoms with Crippen molar-refractivity contribution in [3.63, 3.8) is 0 Å². The number of fused-ring (bicyclic) bond motifs is 1. The average Bonchev–Trinajstić information content (AvgIpc) is 2.62. The van der Waals surface area contributed by atoms with E-state index < -0.39 is 9.84 Å². The van der Waals surface area contributed by atoms with Crippen molar-refractivity contribution in [1.82, 2.24) is 14.5 Å². The predicted molar refractivity (Wildman–Crippen MR) is 73.9 cm³/mol. The molecule has 1 unspecified atom stereocenters. The fraction of sp³-hybridized carbons (Fsp3) is 0.455. The Hall–Kier alpha value is -1.34. The van der Waals surface area contributed by atoms with Gasteiger partial charge in [0.05, 0.1) is 22.6 Å². The van der Waals surface area contributed by atoms with Gasteiger partial charge in [-0.15, -0.1) is 0 Å². The van der Waals surface area contributed by atoms with Crippen LogP contribution in [-0.4, -0.2) is 34.5 Å². The molecule has 6 nitrogen and oxygen atoms in total. The van der Waals surface area contributed by atoms with Gasteiger partial charge in [-0.05, 0) is 18.9 Å². The number of hydrogen-bond donors (Lipinski definition) is 1. The van der Waals surface area contributed by atoms with Crippen LogP contribution in [0.3, 0.4) is 0 Å². The lowest BCUT2D eigenvalue weighted by atomic mass is 10.2. The Morgan fingerprint density at radius 2 is 2.26 bits per heavy atom. The minimum atomic E-state index is -3.01. The summed E-state index contributed by atoms with van der Waals surface area (Å²) in [5.74, 6) is 0.620. The molecule has 1 fully saturated rings. The number of anilines is 1. The van der Waals surface area contributed by atoms with E-state index in [1.165, 1.54) is 6.20 Å². The zero-order chi connectivity index (χ0) is 13.6. The Balaban J connectivity index is 2.12. The first-order valence-corrected chi connectivity index (χ1v) is 8.15. The van der Waals surface area contributed by atoms with E-state index in [2.05, 4.69) is 9.97 Å². The lowest BCUT2D eigenvalue weighted by Gasteiger charge is -2.24. The van der Waals surface area contributed by atoms with Crippen LogP contribution >= 0.6 is 11.6 Å². The molecule has 0 aliphatic carbocycles. The van der Waals surface area contributed by atoms with Crippen LogP contribution < -0.4 is 5.73 Å². The second kappa shape index (κ2) is 4.35. The first-order valence-electron chi connectivity index (χ1n) is 5.96. The number of pyridine rings is 1.